The van der Waals surface area contributed by atoms with Gasteiger partial charge < -0.3 is 15.0 Å². The molecule has 2 aromatic carbocycles. The van der Waals surface area contributed by atoms with Gasteiger partial charge in [-0.25, -0.2) is 17.2 Å². The lowest BCUT2D eigenvalue weighted by atomic mass is 9.95. The van der Waals surface area contributed by atoms with E-state index in [1.807, 2.05) is 12.1 Å². The van der Waals surface area contributed by atoms with Crippen molar-refractivity contribution in [1.29, 1.82) is 0 Å². The summed E-state index contributed by atoms with van der Waals surface area (Å²) in [4.78, 5) is 15.5. The lowest BCUT2D eigenvalue weighted by Gasteiger charge is -2.41. The Balaban J connectivity index is 1.41. The molecule has 2 bridgehead atoms. The first kappa shape index (κ1) is 23.5. The fraction of sp³-hybridized carbons (Fsp3) is 0.458. The largest absolute Gasteiger partial charge is 0.475 e. The summed E-state index contributed by atoms with van der Waals surface area (Å²) in [6.45, 7) is 3.11. The lowest BCUT2D eigenvalue weighted by molar-refractivity contribution is -0.135. The van der Waals surface area contributed by atoms with E-state index in [-0.39, 0.29) is 29.8 Å². The van der Waals surface area contributed by atoms with Crippen LogP contribution in [0.1, 0.15) is 39.5 Å². The molecule has 178 valence electrons. The zero-order valence-electron chi connectivity index (χ0n) is 18.8. The topological polar surface area (TPSA) is 75.7 Å². The summed E-state index contributed by atoms with van der Waals surface area (Å²) in [5.74, 6) is -2.11. The summed E-state index contributed by atoms with van der Waals surface area (Å²) >= 11 is 0. The summed E-state index contributed by atoms with van der Waals surface area (Å²) in [6, 6.07) is 10.3. The van der Waals surface area contributed by atoms with Crippen LogP contribution in [-0.4, -0.2) is 44.3 Å². The molecule has 0 spiro atoms. The van der Waals surface area contributed by atoms with Gasteiger partial charge in [0.15, 0.2) is 27.0 Å². The van der Waals surface area contributed by atoms with Crippen molar-refractivity contribution in [2.24, 2.45) is 0 Å². The normalized spacial score (nSPS) is 22.8. The molecule has 2 aliphatic rings. The van der Waals surface area contributed by atoms with Gasteiger partial charge in [0.05, 0.1) is 4.90 Å². The number of hydrogen-bond donors (Lipinski definition) is 1. The van der Waals surface area contributed by atoms with Gasteiger partial charge in [-0.1, -0.05) is 0 Å². The van der Waals surface area contributed by atoms with Crippen LogP contribution < -0.4 is 15.0 Å². The van der Waals surface area contributed by atoms with Gasteiger partial charge >= 0.3 is 0 Å². The van der Waals surface area contributed by atoms with Crippen LogP contribution in [0.2, 0.25) is 0 Å². The number of benzene rings is 2. The van der Waals surface area contributed by atoms with Crippen molar-refractivity contribution in [2.75, 3.05) is 11.2 Å². The van der Waals surface area contributed by atoms with Gasteiger partial charge in [0.25, 0.3) is 5.91 Å². The SMILES string of the molecule is CC(C)(Oc1ccc(F)cc1F)C(=O)N[C@H]1C[C@H]2CC[C@@H](C1)N2c1ccc(S(C)(=O)=O)cc1. The minimum atomic E-state index is -3.25. The van der Waals surface area contributed by atoms with Crippen molar-refractivity contribution in [2.45, 2.75) is 68.2 Å². The molecule has 9 heteroatoms. The molecule has 0 radical (unpaired) electrons. The lowest BCUT2D eigenvalue weighted by Crippen LogP contribution is -2.55. The third-order valence-corrected chi connectivity index (χ3v) is 7.57. The Labute approximate surface area is 192 Å². The van der Waals surface area contributed by atoms with E-state index in [0.29, 0.717) is 4.90 Å². The number of piperidine rings is 1. The average molecular weight is 479 g/mol. The number of nitrogens with one attached hydrogen (secondary N) is 1. The molecule has 33 heavy (non-hydrogen) atoms. The fourth-order valence-corrected chi connectivity index (χ4v) is 5.45. The summed E-state index contributed by atoms with van der Waals surface area (Å²) < 4.78 is 56.2. The van der Waals surface area contributed by atoms with Crippen molar-refractivity contribution in [3.63, 3.8) is 0 Å². The maximum Gasteiger partial charge on any atom is 0.263 e. The van der Waals surface area contributed by atoms with Gasteiger partial charge in [0.1, 0.15) is 5.82 Å². The van der Waals surface area contributed by atoms with Crippen molar-refractivity contribution < 1.29 is 26.7 Å². The third kappa shape index (κ3) is 4.98. The van der Waals surface area contributed by atoms with Crippen LogP contribution in [-0.2, 0) is 14.6 Å². The predicted molar refractivity (Wildman–Crippen MR) is 121 cm³/mol. The number of amides is 1. The molecule has 0 unspecified atom stereocenters. The maximum absolute atomic E-state index is 14.0. The van der Waals surface area contributed by atoms with E-state index in [0.717, 1.165) is 43.5 Å². The number of fused-ring (bicyclic) bond motifs is 2. The Morgan fingerprint density at radius 1 is 1.06 bits per heavy atom. The highest BCUT2D eigenvalue weighted by Gasteiger charge is 2.42. The summed E-state index contributed by atoms with van der Waals surface area (Å²) in [5, 5.41) is 3.05. The van der Waals surface area contributed by atoms with Crippen molar-refractivity contribution in [1.82, 2.24) is 5.32 Å². The van der Waals surface area contributed by atoms with E-state index in [2.05, 4.69) is 10.2 Å². The molecule has 2 heterocycles. The number of sulfone groups is 1. The molecule has 1 N–H and O–H groups in total. The molecule has 3 atom stereocenters. The Bertz CT molecular complexity index is 1140. The van der Waals surface area contributed by atoms with E-state index >= 15 is 0 Å². The Kier molecular flexibility index (Phi) is 6.11. The molecular weight excluding hydrogens is 450 g/mol. The summed E-state index contributed by atoms with van der Waals surface area (Å²) in [6.07, 6.45) is 4.67. The van der Waals surface area contributed by atoms with E-state index in [1.165, 1.54) is 12.3 Å². The van der Waals surface area contributed by atoms with Crippen LogP contribution in [0.4, 0.5) is 14.5 Å². The molecule has 0 saturated carbocycles. The van der Waals surface area contributed by atoms with Crippen LogP contribution in [0.25, 0.3) is 0 Å². The highest BCUT2D eigenvalue weighted by atomic mass is 32.2. The first-order chi connectivity index (χ1) is 15.4. The highest BCUT2D eigenvalue weighted by molar-refractivity contribution is 7.90. The van der Waals surface area contributed by atoms with Crippen molar-refractivity contribution in [3.05, 3.63) is 54.1 Å². The second-order valence-electron chi connectivity index (χ2n) is 9.39. The number of halogens is 2. The predicted octanol–water partition coefficient (Wildman–Crippen LogP) is 3.84. The van der Waals surface area contributed by atoms with Gasteiger partial charge in [-0.05, 0) is 75.9 Å². The Morgan fingerprint density at radius 2 is 1.67 bits per heavy atom. The number of ether oxygens (including phenoxy) is 1. The molecule has 2 aromatic rings. The number of carbonyl (C=O) groups is 1. The number of anilines is 1. The Morgan fingerprint density at radius 3 is 2.21 bits per heavy atom. The molecule has 6 nitrogen and oxygen atoms in total. The molecule has 2 aliphatic heterocycles. The molecule has 0 aromatic heterocycles. The van der Waals surface area contributed by atoms with Crippen LogP contribution in [0, 0.1) is 11.6 Å². The standard InChI is InChI=1S/C24H28F2N2O4S/c1-24(2,32-22-11-4-15(25)12-21(22)26)23(29)27-16-13-18-5-6-19(14-16)28(18)17-7-9-20(10-8-17)33(3,30)31/h4,7-12,16,18-19H,5-6,13-14H2,1-3H3,(H,27,29)/t16-,18+,19-. The van der Waals surface area contributed by atoms with Crippen LogP contribution >= 0.6 is 0 Å². The van der Waals surface area contributed by atoms with E-state index in [1.54, 1.807) is 26.0 Å². The van der Waals surface area contributed by atoms with Crippen LogP contribution in [0.15, 0.2) is 47.4 Å². The quantitative estimate of drug-likeness (QED) is 0.683. The first-order valence-corrected chi connectivity index (χ1v) is 12.9. The minimum absolute atomic E-state index is 0.0533. The zero-order chi connectivity index (χ0) is 24.0. The third-order valence-electron chi connectivity index (χ3n) is 6.44. The van der Waals surface area contributed by atoms with Crippen molar-refractivity contribution in [3.8, 4) is 5.75 Å². The molecule has 2 saturated heterocycles. The van der Waals surface area contributed by atoms with Gasteiger partial charge in [-0.2, -0.15) is 0 Å². The Hall–Kier alpha value is -2.68. The molecule has 4 rings (SSSR count). The summed E-state index contributed by atoms with van der Waals surface area (Å²) in [7, 11) is -3.25. The second kappa shape index (κ2) is 8.59. The van der Waals surface area contributed by atoms with Gasteiger partial charge in [-0.15, -0.1) is 0 Å². The van der Waals surface area contributed by atoms with Crippen LogP contribution in [0.3, 0.4) is 0 Å². The molecular formula is C24H28F2N2O4S. The highest BCUT2D eigenvalue weighted by Crippen LogP contribution is 2.39. The monoisotopic (exact) mass is 478 g/mol. The number of hydrogen-bond acceptors (Lipinski definition) is 5. The zero-order valence-corrected chi connectivity index (χ0v) is 19.7. The average Bonchev–Trinajstić information content (AvgIpc) is 3.00. The van der Waals surface area contributed by atoms with Gasteiger partial charge in [0.2, 0.25) is 0 Å². The van der Waals surface area contributed by atoms with E-state index in [9.17, 15) is 22.0 Å². The summed E-state index contributed by atoms with van der Waals surface area (Å²) in [5.41, 5.74) is -0.355. The van der Waals surface area contributed by atoms with Gasteiger partial charge in [0, 0.05) is 36.1 Å². The molecule has 1 amide bonds. The van der Waals surface area contributed by atoms with Gasteiger partial charge in [-0.3, -0.25) is 4.79 Å². The maximum atomic E-state index is 14.0. The van der Waals surface area contributed by atoms with Crippen molar-refractivity contribution >= 4 is 21.4 Å². The van der Waals surface area contributed by atoms with E-state index < -0.39 is 27.1 Å². The number of nitrogens with zero attached hydrogens (tertiary/aromatic N) is 1. The fourth-order valence-electron chi connectivity index (χ4n) is 4.82. The van der Waals surface area contributed by atoms with Crippen LogP contribution in [0.5, 0.6) is 5.75 Å². The minimum Gasteiger partial charge on any atom is -0.475 e. The number of carbonyl (C=O) groups excluding carboxylic acids is 1. The second-order valence-corrected chi connectivity index (χ2v) is 11.4. The molecule has 0 aliphatic carbocycles. The number of rotatable bonds is 6. The smallest absolute Gasteiger partial charge is 0.263 e. The molecule has 2 fully saturated rings. The van der Waals surface area contributed by atoms with E-state index in [4.69, 9.17) is 4.74 Å². The first-order valence-electron chi connectivity index (χ1n) is 11.0.